The molecule has 2 amide bonds. The average Bonchev–Trinajstić information content (AvgIpc) is 3.45. The number of nitrogens with one attached hydrogen (secondary N) is 1. The fraction of sp³-hybridized carbons (Fsp3) is 0.667. The highest BCUT2D eigenvalue weighted by atomic mass is 16.6. The molecule has 0 spiro atoms. The second kappa shape index (κ2) is 11.8. The minimum atomic E-state index is -0.912. The van der Waals surface area contributed by atoms with Crippen molar-refractivity contribution in [1.29, 1.82) is 0 Å². The van der Waals surface area contributed by atoms with E-state index < -0.39 is 35.3 Å². The summed E-state index contributed by atoms with van der Waals surface area (Å²) < 4.78 is 23.5. The third-order valence-electron chi connectivity index (χ3n) is 10.2. The fourth-order valence-electron chi connectivity index (χ4n) is 7.29. The highest BCUT2D eigenvalue weighted by Crippen LogP contribution is 2.50. The second-order valence-corrected chi connectivity index (χ2v) is 13.5. The van der Waals surface area contributed by atoms with E-state index in [2.05, 4.69) is 5.32 Å². The van der Waals surface area contributed by atoms with Crippen molar-refractivity contribution in [2.24, 2.45) is 17.3 Å². The average molecular weight is 609 g/mol. The molecule has 11 nitrogen and oxygen atoms in total. The Hall–Kier alpha value is -3.47. The molecular weight excluding hydrogens is 564 g/mol. The molecule has 2 aromatic rings. The smallest absolute Gasteiger partial charge is 0.408 e. The van der Waals surface area contributed by atoms with Gasteiger partial charge < -0.3 is 29.2 Å². The van der Waals surface area contributed by atoms with Gasteiger partial charge in [0.1, 0.15) is 29.2 Å². The Morgan fingerprint density at radius 1 is 1.14 bits per heavy atom. The van der Waals surface area contributed by atoms with Crippen LogP contribution in [0, 0.1) is 17.3 Å². The molecule has 11 heteroatoms. The summed E-state index contributed by atoms with van der Waals surface area (Å²) in [5.74, 6) is 0.667. The number of carbonyl (C=O) groups excluding carboxylic acids is 3. The summed E-state index contributed by atoms with van der Waals surface area (Å²) in [5, 5.41) is 2.90. The molecule has 0 radical (unpaired) electrons. The summed E-state index contributed by atoms with van der Waals surface area (Å²) in [5.41, 5.74) is 1.01. The van der Waals surface area contributed by atoms with Crippen LogP contribution in [0.2, 0.25) is 0 Å². The monoisotopic (exact) mass is 608 g/mol. The normalized spacial score (nSPS) is 32.1. The van der Waals surface area contributed by atoms with Gasteiger partial charge in [0, 0.05) is 23.3 Å². The van der Waals surface area contributed by atoms with Gasteiger partial charge in [0.15, 0.2) is 5.78 Å². The SMILES string of the molecule is CC[C@@H]1[C@@H]2CN(C(=O)[C@H](C3(C)COC3)NC(=O)O[C@]3(C)C[C@H]3CCCCCc3nc4ccc(OC)cc4nc3O2)[C@@H]1C(C)=O. The van der Waals surface area contributed by atoms with E-state index in [1.54, 1.807) is 12.0 Å². The molecule has 238 valence electrons. The van der Waals surface area contributed by atoms with Crippen molar-refractivity contribution in [2.75, 3.05) is 26.9 Å². The number of amides is 2. The van der Waals surface area contributed by atoms with Gasteiger partial charge in [0.05, 0.1) is 43.9 Å². The minimum Gasteiger partial charge on any atom is -0.497 e. The molecule has 3 aliphatic heterocycles. The van der Waals surface area contributed by atoms with E-state index >= 15 is 0 Å². The van der Waals surface area contributed by atoms with Crippen LogP contribution in [-0.2, 0) is 25.5 Å². The Kier molecular flexibility index (Phi) is 8.19. The van der Waals surface area contributed by atoms with Gasteiger partial charge in [-0.15, -0.1) is 0 Å². The molecule has 1 aliphatic carbocycles. The Morgan fingerprint density at radius 3 is 2.61 bits per heavy atom. The molecule has 2 saturated heterocycles. The Labute approximate surface area is 258 Å². The zero-order valence-electron chi connectivity index (χ0n) is 26.4. The number of Topliss-reactive ketones (excluding diaryl/α,β-unsaturated/α-hetero) is 1. The first-order chi connectivity index (χ1) is 21.0. The van der Waals surface area contributed by atoms with Crippen molar-refractivity contribution in [1.82, 2.24) is 20.2 Å². The molecule has 1 N–H and O–H groups in total. The van der Waals surface area contributed by atoms with Gasteiger partial charge in [-0.25, -0.2) is 14.8 Å². The lowest BCUT2D eigenvalue weighted by Gasteiger charge is -2.45. The fourth-order valence-corrected chi connectivity index (χ4v) is 7.29. The molecule has 1 saturated carbocycles. The molecular formula is C33H44N4O7. The Balaban J connectivity index is 1.38. The standard InChI is InChI=1S/C33H44N4O7/c1-6-22-26-16-37(27(22)19(2)38)30(39)28(32(3)17-42-18-32)36-31(40)44-33(4)15-20(33)10-8-7-9-11-24-29(43-26)35-25-14-21(41-5)12-13-23(25)34-24/h12-14,20,22,26-28H,6-11,15-18H2,1-5H3,(H,36,40)/t20-,22-,26+,27-,28-,33-/m1/s1. The van der Waals surface area contributed by atoms with Crippen LogP contribution in [0.4, 0.5) is 4.79 Å². The maximum Gasteiger partial charge on any atom is 0.408 e. The molecule has 6 rings (SSSR count). The van der Waals surface area contributed by atoms with Crippen molar-refractivity contribution in [3.8, 4) is 11.6 Å². The Bertz CT molecular complexity index is 1440. The molecule has 4 heterocycles. The number of aryl methyl sites for hydroxylation is 1. The zero-order chi connectivity index (χ0) is 31.2. The summed E-state index contributed by atoms with van der Waals surface area (Å²) in [6.07, 6.45) is 4.88. The van der Waals surface area contributed by atoms with Crippen molar-refractivity contribution in [3.05, 3.63) is 23.9 Å². The summed E-state index contributed by atoms with van der Waals surface area (Å²) in [4.78, 5) is 52.2. The molecule has 1 aromatic heterocycles. The van der Waals surface area contributed by atoms with Crippen molar-refractivity contribution in [2.45, 2.75) is 96.4 Å². The number of rotatable bonds is 4. The van der Waals surface area contributed by atoms with Gasteiger partial charge in [-0.05, 0) is 58.1 Å². The van der Waals surface area contributed by atoms with Crippen LogP contribution in [0.25, 0.3) is 11.0 Å². The van der Waals surface area contributed by atoms with Crippen LogP contribution in [0.15, 0.2) is 18.2 Å². The first kappa shape index (κ1) is 30.6. The number of fused-ring (bicyclic) bond motifs is 5. The largest absolute Gasteiger partial charge is 0.497 e. The summed E-state index contributed by atoms with van der Waals surface area (Å²) >= 11 is 0. The quantitative estimate of drug-likeness (QED) is 0.542. The number of ether oxygens (including phenoxy) is 4. The molecule has 4 aliphatic rings. The van der Waals surface area contributed by atoms with Crippen LogP contribution in [-0.4, -0.2) is 83.3 Å². The minimum absolute atomic E-state index is 0.124. The third kappa shape index (κ3) is 5.71. The van der Waals surface area contributed by atoms with Crippen molar-refractivity contribution < 1.29 is 33.3 Å². The van der Waals surface area contributed by atoms with E-state index in [1.807, 2.05) is 39.0 Å². The van der Waals surface area contributed by atoms with Gasteiger partial charge in [0.2, 0.25) is 11.8 Å². The van der Waals surface area contributed by atoms with Gasteiger partial charge >= 0.3 is 6.09 Å². The number of aromatic nitrogens is 2. The zero-order valence-corrected chi connectivity index (χ0v) is 26.4. The van der Waals surface area contributed by atoms with E-state index in [9.17, 15) is 14.4 Å². The molecule has 2 bridgehead atoms. The topological polar surface area (TPSA) is 129 Å². The maximum absolute atomic E-state index is 14.4. The van der Waals surface area contributed by atoms with Gasteiger partial charge in [-0.3, -0.25) is 9.59 Å². The van der Waals surface area contributed by atoms with Crippen LogP contribution in [0.5, 0.6) is 11.6 Å². The van der Waals surface area contributed by atoms with E-state index in [-0.39, 0.29) is 30.1 Å². The van der Waals surface area contributed by atoms with E-state index in [4.69, 9.17) is 28.9 Å². The molecule has 1 aromatic carbocycles. The number of hydrogen-bond acceptors (Lipinski definition) is 9. The number of alkyl carbamates (subject to hydrolysis) is 1. The molecule has 6 atom stereocenters. The molecule has 3 fully saturated rings. The van der Waals surface area contributed by atoms with Crippen LogP contribution in [0.1, 0.15) is 71.9 Å². The maximum atomic E-state index is 14.4. The number of methoxy groups -OCH3 is 1. The number of nitrogens with zero attached hydrogens (tertiary/aromatic N) is 3. The van der Waals surface area contributed by atoms with E-state index in [0.717, 1.165) is 43.3 Å². The lowest BCUT2D eigenvalue weighted by molar-refractivity contribution is -0.158. The Morgan fingerprint density at radius 2 is 1.93 bits per heavy atom. The van der Waals surface area contributed by atoms with Crippen LogP contribution in [0.3, 0.4) is 0 Å². The van der Waals surface area contributed by atoms with Crippen molar-refractivity contribution in [3.63, 3.8) is 0 Å². The summed E-state index contributed by atoms with van der Waals surface area (Å²) in [7, 11) is 1.61. The lowest BCUT2D eigenvalue weighted by Crippen LogP contribution is -2.64. The number of benzene rings is 1. The number of ketones is 1. The third-order valence-corrected chi connectivity index (χ3v) is 10.2. The van der Waals surface area contributed by atoms with Gasteiger partial charge in [0.25, 0.3) is 0 Å². The first-order valence-corrected chi connectivity index (χ1v) is 15.9. The summed E-state index contributed by atoms with van der Waals surface area (Å²) in [6.45, 7) is 8.21. The second-order valence-electron chi connectivity index (χ2n) is 13.5. The predicted octanol–water partition coefficient (Wildman–Crippen LogP) is 4.24. The molecule has 44 heavy (non-hydrogen) atoms. The molecule has 0 unspecified atom stereocenters. The van der Waals surface area contributed by atoms with Crippen molar-refractivity contribution >= 4 is 28.8 Å². The lowest BCUT2D eigenvalue weighted by atomic mass is 9.79. The highest BCUT2D eigenvalue weighted by Gasteiger charge is 2.56. The first-order valence-electron chi connectivity index (χ1n) is 15.9. The van der Waals surface area contributed by atoms with E-state index in [1.165, 1.54) is 6.92 Å². The highest BCUT2D eigenvalue weighted by molar-refractivity contribution is 5.93. The number of carbonyl (C=O) groups is 3. The van der Waals surface area contributed by atoms with Crippen LogP contribution < -0.4 is 14.8 Å². The van der Waals surface area contributed by atoms with Crippen LogP contribution >= 0.6 is 0 Å². The summed E-state index contributed by atoms with van der Waals surface area (Å²) in [6, 6.07) is 3.99. The van der Waals surface area contributed by atoms with E-state index in [0.29, 0.717) is 43.2 Å². The predicted molar refractivity (Wildman–Crippen MR) is 161 cm³/mol. The van der Waals surface area contributed by atoms with Gasteiger partial charge in [-0.2, -0.15) is 0 Å². The van der Waals surface area contributed by atoms with Gasteiger partial charge in [-0.1, -0.05) is 26.7 Å². The number of hydrogen-bond donors (Lipinski definition) is 1.